The number of hydrogen-bond acceptors (Lipinski definition) is 6. The highest BCUT2D eigenvalue weighted by Crippen LogP contribution is 2.26. The lowest BCUT2D eigenvalue weighted by molar-refractivity contribution is 0.380. The second-order valence-electron chi connectivity index (χ2n) is 3.63. The summed E-state index contributed by atoms with van der Waals surface area (Å²) in [7, 11) is 0. The van der Waals surface area contributed by atoms with E-state index < -0.39 is 0 Å². The minimum absolute atomic E-state index is 0.255. The van der Waals surface area contributed by atoms with Crippen molar-refractivity contribution in [2.24, 2.45) is 5.73 Å². The van der Waals surface area contributed by atoms with E-state index in [0.717, 1.165) is 20.8 Å². The van der Waals surface area contributed by atoms with Gasteiger partial charge in [-0.15, -0.1) is 11.3 Å². The highest BCUT2D eigenvalue weighted by atomic mass is 32.1. The molecular weight excluding hydrogens is 236 g/mol. The molecule has 6 heteroatoms. The molecule has 0 aliphatic carbocycles. The third-order valence-corrected chi connectivity index (χ3v) is 3.35. The third-order valence-electron chi connectivity index (χ3n) is 2.40. The predicted molar refractivity (Wildman–Crippen MR) is 65.5 cm³/mol. The summed E-state index contributed by atoms with van der Waals surface area (Å²) in [6.45, 7) is 2.25. The van der Waals surface area contributed by atoms with Crippen molar-refractivity contribution in [1.29, 1.82) is 0 Å². The molecule has 0 amide bonds. The Balaban J connectivity index is 2.10. The van der Waals surface area contributed by atoms with Gasteiger partial charge in [-0.05, 0) is 25.1 Å². The Morgan fingerprint density at radius 2 is 2.24 bits per heavy atom. The molecule has 2 N–H and O–H groups in total. The molecule has 0 atom stereocenters. The number of aryl methyl sites for hydroxylation is 1. The number of fused-ring (bicyclic) bond motifs is 1. The molecule has 0 aliphatic rings. The molecule has 5 nitrogen and oxygen atoms in total. The van der Waals surface area contributed by atoms with Crippen LogP contribution in [-0.4, -0.2) is 15.1 Å². The van der Waals surface area contributed by atoms with Gasteiger partial charge in [-0.25, -0.2) is 4.98 Å². The summed E-state index contributed by atoms with van der Waals surface area (Å²) < 4.78 is 6.14. The largest absolute Gasteiger partial charge is 0.338 e. The first-order chi connectivity index (χ1) is 8.26. The van der Waals surface area contributed by atoms with Crippen molar-refractivity contribution in [2.45, 2.75) is 13.5 Å². The zero-order valence-corrected chi connectivity index (χ0v) is 9.99. The normalized spacial score (nSPS) is 11.2. The monoisotopic (exact) mass is 246 g/mol. The number of benzene rings is 1. The number of nitrogens with zero attached hydrogens (tertiary/aromatic N) is 3. The van der Waals surface area contributed by atoms with Gasteiger partial charge in [-0.3, -0.25) is 0 Å². The summed E-state index contributed by atoms with van der Waals surface area (Å²) in [5.74, 6) is 0.993. The Morgan fingerprint density at radius 3 is 3.00 bits per heavy atom. The van der Waals surface area contributed by atoms with Crippen LogP contribution < -0.4 is 5.73 Å². The quantitative estimate of drug-likeness (QED) is 0.749. The fourth-order valence-electron chi connectivity index (χ4n) is 1.64. The molecule has 0 radical (unpaired) electrons. The van der Waals surface area contributed by atoms with Crippen LogP contribution in [0.3, 0.4) is 0 Å². The molecule has 0 saturated carbocycles. The van der Waals surface area contributed by atoms with Gasteiger partial charge in [0.25, 0.3) is 0 Å². The molecule has 2 aromatic heterocycles. The average molecular weight is 246 g/mol. The first-order valence-corrected chi connectivity index (χ1v) is 5.98. The van der Waals surface area contributed by atoms with Crippen LogP contribution in [0.4, 0.5) is 0 Å². The van der Waals surface area contributed by atoms with Gasteiger partial charge in [0.1, 0.15) is 0 Å². The fourth-order valence-corrected chi connectivity index (χ4v) is 2.44. The van der Waals surface area contributed by atoms with Crippen LogP contribution >= 0.6 is 11.3 Å². The molecule has 17 heavy (non-hydrogen) atoms. The van der Waals surface area contributed by atoms with E-state index >= 15 is 0 Å². The smallest absolute Gasteiger partial charge is 0.240 e. The van der Waals surface area contributed by atoms with E-state index in [1.165, 1.54) is 0 Å². The zero-order valence-electron chi connectivity index (χ0n) is 9.17. The molecule has 0 spiro atoms. The van der Waals surface area contributed by atoms with Crippen molar-refractivity contribution in [3.63, 3.8) is 0 Å². The Morgan fingerprint density at radius 1 is 1.35 bits per heavy atom. The van der Waals surface area contributed by atoms with E-state index in [4.69, 9.17) is 10.3 Å². The molecular formula is C11H10N4OS. The standard InChI is InChI=1S/C11H10N4OS/c1-6-13-8-4-7(2-3-9(8)17-6)11-14-10(5-12)16-15-11/h2-4H,5,12H2,1H3. The Kier molecular flexibility index (Phi) is 2.38. The van der Waals surface area contributed by atoms with E-state index in [2.05, 4.69) is 15.1 Å². The number of hydrogen-bond donors (Lipinski definition) is 1. The second-order valence-corrected chi connectivity index (χ2v) is 4.87. The van der Waals surface area contributed by atoms with E-state index in [1.807, 2.05) is 25.1 Å². The van der Waals surface area contributed by atoms with Crippen molar-refractivity contribution in [1.82, 2.24) is 15.1 Å². The van der Waals surface area contributed by atoms with Gasteiger partial charge in [-0.2, -0.15) is 4.98 Å². The molecule has 0 bridgehead atoms. The molecule has 1 aromatic carbocycles. The van der Waals surface area contributed by atoms with Gasteiger partial charge in [-0.1, -0.05) is 5.16 Å². The molecule has 2 heterocycles. The molecule has 0 aliphatic heterocycles. The predicted octanol–water partition coefficient (Wildman–Crippen LogP) is 2.11. The summed E-state index contributed by atoms with van der Waals surface area (Å²) in [5, 5.41) is 4.93. The second kappa shape index (κ2) is 3.90. The molecule has 3 rings (SSSR count). The van der Waals surface area contributed by atoms with Crippen molar-refractivity contribution in [3.05, 3.63) is 29.1 Å². The van der Waals surface area contributed by atoms with Gasteiger partial charge < -0.3 is 10.3 Å². The first kappa shape index (κ1) is 10.4. The van der Waals surface area contributed by atoms with Crippen LogP contribution in [0.15, 0.2) is 22.7 Å². The lowest BCUT2D eigenvalue weighted by atomic mass is 10.2. The third kappa shape index (κ3) is 1.81. The SMILES string of the molecule is Cc1nc2cc(-c3noc(CN)n3)ccc2s1. The Labute approximate surface area is 101 Å². The zero-order chi connectivity index (χ0) is 11.8. The Bertz CT molecular complexity index is 673. The maximum atomic E-state index is 5.43. The summed E-state index contributed by atoms with van der Waals surface area (Å²) >= 11 is 1.67. The highest BCUT2D eigenvalue weighted by molar-refractivity contribution is 7.18. The van der Waals surface area contributed by atoms with Crippen molar-refractivity contribution in [2.75, 3.05) is 0 Å². The minimum atomic E-state index is 0.255. The van der Waals surface area contributed by atoms with Crippen LogP contribution in [0.5, 0.6) is 0 Å². The summed E-state index contributed by atoms with van der Waals surface area (Å²) in [6, 6.07) is 5.95. The summed E-state index contributed by atoms with van der Waals surface area (Å²) in [6.07, 6.45) is 0. The van der Waals surface area contributed by atoms with Crippen molar-refractivity contribution < 1.29 is 4.52 Å². The van der Waals surface area contributed by atoms with Crippen molar-refractivity contribution in [3.8, 4) is 11.4 Å². The molecule has 0 fully saturated rings. The number of aromatic nitrogens is 3. The fraction of sp³-hybridized carbons (Fsp3) is 0.182. The molecule has 86 valence electrons. The van der Waals surface area contributed by atoms with Gasteiger partial charge in [0, 0.05) is 5.56 Å². The molecule has 0 unspecified atom stereocenters. The van der Waals surface area contributed by atoms with E-state index in [0.29, 0.717) is 11.7 Å². The van der Waals surface area contributed by atoms with Crippen molar-refractivity contribution >= 4 is 21.6 Å². The van der Waals surface area contributed by atoms with Gasteiger partial charge in [0.15, 0.2) is 0 Å². The van der Waals surface area contributed by atoms with E-state index in [9.17, 15) is 0 Å². The van der Waals surface area contributed by atoms with E-state index in [1.54, 1.807) is 11.3 Å². The minimum Gasteiger partial charge on any atom is -0.338 e. The topological polar surface area (TPSA) is 77.8 Å². The maximum Gasteiger partial charge on any atom is 0.240 e. The molecule has 0 saturated heterocycles. The van der Waals surface area contributed by atoms with Crippen LogP contribution in [-0.2, 0) is 6.54 Å². The van der Waals surface area contributed by atoms with Crippen LogP contribution in [0.1, 0.15) is 10.9 Å². The van der Waals surface area contributed by atoms with Gasteiger partial charge in [0.05, 0.1) is 21.8 Å². The lowest BCUT2D eigenvalue weighted by Crippen LogP contribution is -1.95. The summed E-state index contributed by atoms with van der Waals surface area (Å²) in [4.78, 5) is 8.62. The maximum absolute atomic E-state index is 5.43. The summed E-state index contributed by atoms with van der Waals surface area (Å²) in [5.41, 5.74) is 7.28. The van der Waals surface area contributed by atoms with Crippen LogP contribution in [0.2, 0.25) is 0 Å². The average Bonchev–Trinajstić information content (AvgIpc) is 2.92. The number of rotatable bonds is 2. The van der Waals surface area contributed by atoms with Gasteiger partial charge >= 0.3 is 0 Å². The van der Waals surface area contributed by atoms with Crippen LogP contribution in [0, 0.1) is 6.92 Å². The molecule has 3 aromatic rings. The van der Waals surface area contributed by atoms with Gasteiger partial charge in [0.2, 0.25) is 11.7 Å². The number of thiazole rings is 1. The van der Waals surface area contributed by atoms with E-state index in [-0.39, 0.29) is 6.54 Å². The Hall–Kier alpha value is -1.79. The highest BCUT2D eigenvalue weighted by Gasteiger charge is 2.09. The lowest BCUT2D eigenvalue weighted by Gasteiger charge is -1.93. The first-order valence-electron chi connectivity index (χ1n) is 5.16. The van der Waals surface area contributed by atoms with Crippen LogP contribution in [0.25, 0.3) is 21.6 Å². The number of nitrogens with two attached hydrogens (primary N) is 1.